The van der Waals surface area contributed by atoms with Crippen molar-refractivity contribution in [2.24, 2.45) is 5.92 Å². The molecule has 0 radical (unpaired) electrons. The van der Waals surface area contributed by atoms with E-state index in [4.69, 9.17) is 0 Å². The summed E-state index contributed by atoms with van der Waals surface area (Å²) in [6.07, 6.45) is 0.803. The highest BCUT2D eigenvalue weighted by Crippen LogP contribution is 2.37. The standard InChI is InChI=1S/C20H22FN3OS2/c1-11(2)10-24-20-14(12(3)23-24)9-18(27-20)19(25)22-16-6-7-26-17-5-4-13(21)8-15(16)17/h4-5,8-9,11,16H,6-7,10H2,1-3H3,(H,22,25). The van der Waals surface area contributed by atoms with Gasteiger partial charge in [-0.25, -0.2) is 4.39 Å². The predicted molar refractivity (Wildman–Crippen MR) is 109 cm³/mol. The molecule has 1 N–H and O–H groups in total. The van der Waals surface area contributed by atoms with Crippen molar-refractivity contribution in [1.82, 2.24) is 15.1 Å². The van der Waals surface area contributed by atoms with E-state index in [1.165, 1.54) is 17.4 Å². The molecule has 0 saturated heterocycles. The molecule has 4 nitrogen and oxygen atoms in total. The molecule has 0 spiro atoms. The maximum absolute atomic E-state index is 13.7. The molecule has 4 rings (SSSR count). The third-order valence-corrected chi connectivity index (χ3v) is 6.96. The number of amides is 1. The minimum atomic E-state index is -0.262. The van der Waals surface area contributed by atoms with Gasteiger partial charge in [0, 0.05) is 22.6 Å². The van der Waals surface area contributed by atoms with E-state index < -0.39 is 0 Å². The Morgan fingerprint density at radius 1 is 1.41 bits per heavy atom. The van der Waals surface area contributed by atoms with E-state index in [0.29, 0.717) is 10.8 Å². The van der Waals surface area contributed by atoms with Crippen molar-refractivity contribution in [3.63, 3.8) is 0 Å². The van der Waals surface area contributed by atoms with Crippen LogP contribution in [-0.4, -0.2) is 21.4 Å². The number of carbonyl (C=O) groups is 1. The van der Waals surface area contributed by atoms with Crippen LogP contribution in [0.25, 0.3) is 10.2 Å². The third kappa shape index (κ3) is 3.62. The number of aryl methyl sites for hydroxylation is 1. The zero-order chi connectivity index (χ0) is 19.1. The molecular formula is C20H22FN3OS2. The normalized spacial score (nSPS) is 16.7. The van der Waals surface area contributed by atoms with Gasteiger partial charge in [-0.2, -0.15) is 5.10 Å². The number of hydrogen-bond acceptors (Lipinski definition) is 4. The molecule has 1 aliphatic heterocycles. The molecule has 0 saturated carbocycles. The number of nitrogens with one attached hydrogen (secondary N) is 1. The number of benzene rings is 1. The molecule has 1 atom stereocenters. The zero-order valence-corrected chi connectivity index (χ0v) is 17.2. The highest BCUT2D eigenvalue weighted by molar-refractivity contribution is 7.99. The van der Waals surface area contributed by atoms with Gasteiger partial charge in [0.1, 0.15) is 10.6 Å². The van der Waals surface area contributed by atoms with Crippen LogP contribution in [0.15, 0.2) is 29.2 Å². The number of halogens is 1. The maximum Gasteiger partial charge on any atom is 0.261 e. The molecule has 2 aromatic heterocycles. The van der Waals surface area contributed by atoms with Crippen molar-refractivity contribution in [3.8, 4) is 0 Å². The lowest BCUT2D eigenvalue weighted by molar-refractivity contribution is 0.0939. The first-order chi connectivity index (χ1) is 12.9. The van der Waals surface area contributed by atoms with Crippen LogP contribution < -0.4 is 5.32 Å². The molecule has 1 aliphatic rings. The quantitative estimate of drug-likeness (QED) is 0.654. The van der Waals surface area contributed by atoms with Crippen LogP contribution in [0.1, 0.15) is 47.2 Å². The molecule has 27 heavy (non-hydrogen) atoms. The molecule has 3 heterocycles. The lowest BCUT2D eigenvalue weighted by Crippen LogP contribution is -2.30. The average molecular weight is 404 g/mol. The number of rotatable bonds is 4. The summed E-state index contributed by atoms with van der Waals surface area (Å²) < 4.78 is 15.7. The average Bonchev–Trinajstić information content (AvgIpc) is 3.17. The maximum atomic E-state index is 13.7. The van der Waals surface area contributed by atoms with Crippen molar-refractivity contribution < 1.29 is 9.18 Å². The van der Waals surface area contributed by atoms with E-state index in [1.807, 2.05) is 17.7 Å². The first kappa shape index (κ1) is 18.5. The second-order valence-corrected chi connectivity index (χ2v) is 9.50. The number of thioether (sulfide) groups is 1. The second kappa shape index (κ2) is 7.28. The van der Waals surface area contributed by atoms with E-state index in [9.17, 15) is 9.18 Å². The summed E-state index contributed by atoms with van der Waals surface area (Å²) in [5.74, 6) is 1.04. The molecule has 3 aromatic rings. The lowest BCUT2D eigenvalue weighted by atomic mass is 10.0. The lowest BCUT2D eigenvalue weighted by Gasteiger charge is -2.25. The summed E-state index contributed by atoms with van der Waals surface area (Å²) in [4.78, 5) is 15.7. The van der Waals surface area contributed by atoms with E-state index in [-0.39, 0.29) is 17.8 Å². The molecule has 0 fully saturated rings. The number of fused-ring (bicyclic) bond motifs is 2. The van der Waals surface area contributed by atoms with Gasteiger partial charge in [-0.15, -0.1) is 23.1 Å². The Hall–Kier alpha value is -1.86. The zero-order valence-electron chi connectivity index (χ0n) is 15.6. The van der Waals surface area contributed by atoms with Crippen LogP contribution >= 0.6 is 23.1 Å². The fourth-order valence-electron chi connectivity index (χ4n) is 3.44. The predicted octanol–water partition coefficient (Wildman–Crippen LogP) is 5.17. The molecule has 7 heteroatoms. The Morgan fingerprint density at radius 3 is 3.00 bits per heavy atom. The Kier molecular flexibility index (Phi) is 4.99. The van der Waals surface area contributed by atoms with Crippen molar-refractivity contribution >= 4 is 39.2 Å². The minimum Gasteiger partial charge on any atom is -0.344 e. The molecule has 142 valence electrons. The van der Waals surface area contributed by atoms with Gasteiger partial charge >= 0.3 is 0 Å². The first-order valence-corrected chi connectivity index (χ1v) is 10.9. The molecule has 1 unspecified atom stereocenters. The summed E-state index contributed by atoms with van der Waals surface area (Å²) in [5.41, 5.74) is 1.82. The van der Waals surface area contributed by atoms with Crippen LogP contribution in [0.4, 0.5) is 4.39 Å². The number of carbonyl (C=O) groups excluding carboxylic acids is 1. The van der Waals surface area contributed by atoms with Crippen LogP contribution in [0.2, 0.25) is 0 Å². The van der Waals surface area contributed by atoms with Gasteiger partial charge in [0.15, 0.2) is 0 Å². The summed E-state index contributed by atoms with van der Waals surface area (Å²) >= 11 is 3.19. The van der Waals surface area contributed by atoms with E-state index in [2.05, 4.69) is 24.3 Å². The molecule has 1 amide bonds. The van der Waals surface area contributed by atoms with Gasteiger partial charge < -0.3 is 5.32 Å². The SMILES string of the molecule is Cc1nn(CC(C)C)c2sc(C(=O)NC3CCSc4ccc(F)cc43)cc12. The molecular weight excluding hydrogens is 381 g/mol. The highest BCUT2D eigenvalue weighted by atomic mass is 32.2. The van der Waals surface area contributed by atoms with Gasteiger partial charge in [-0.05, 0) is 49.1 Å². The third-order valence-electron chi connectivity index (χ3n) is 4.69. The monoisotopic (exact) mass is 403 g/mol. The number of nitrogens with zero attached hydrogens (tertiary/aromatic N) is 2. The smallest absolute Gasteiger partial charge is 0.261 e. The van der Waals surface area contributed by atoms with Crippen LogP contribution in [0.3, 0.4) is 0 Å². The van der Waals surface area contributed by atoms with Gasteiger partial charge in [0.05, 0.1) is 16.6 Å². The van der Waals surface area contributed by atoms with Gasteiger partial charge in [0.2, 0.25) is 0 Å². The number of thiophene rings is 1. The van der Waals surface area contributed by atoms with Gasteiger partial charge in [0.25, 0.3) is 5.91 Å². The minimum absolute atomic E-state index is 0.0983. The Morgan fingerprint density at radius 2 is 2.22 bits per heavy atom. The van der Waals surface area contributed by atoms with Crippen molar-refractivity contribution in [3.05, 3.63) is 46.2 Å². The largest absolute Gasteiger partial charge is 0.344 e. The van der Waals surface area contributed by atoms with E-state index >= 15 is 0 Å². The number of aromatic nitrogens is 2. The fraction of sp³-hybridized carbons (Fsp3) is 0.400. The fourth-order valence-corrected chi connectivity index (χ4v) is 5.62. The second-order valence-electron chi connectivity index (χ2n) is 7.34. The molecule has 1 aromatic carbocycles. The molecule has 0 aliphatic carbocycles. The van der Waals surface area contributed by atoms with Crippen molar-refractivity contribution in [2.45, 2.75) is 44.7 Å². The van der Waals surface area contributed by atoms with Crippen molar-refractivity contribution in [2.75, 3.05) is 5.75 Å². The molecule has 0 bridgehead atoms. The highest BCUT2D eigenvalue weighted by Gasteiger charge is 2.25. The first-order valence-electron chi connectivity index (χ1n) is 9.12. The van der Waals surface area contributed by atoms with Crippen LogP contribution in [0.5, 0.6) is 0 Å². The van der Waals surface area contributed by atoms with E-state index in [1.54, 1.807) is 23.9 Å². The van der Waals surface area contributed by atoms with Crippen molar-refractivity contribution in [1.29, 1.82) is 0 Å². The van der Waals surface area contributed by atoms with Gasteiger partial charge in [-0.3, -0.25) is 9.48 Å². The summed E-state index contributed by atoms with van der Waals surface area (Å²) in [7, 11) is 0. The van der Waals surface area contributed by atoms with Crippen LogP contribution in [0, 0.1) is 18.7 Å². The van der Waals surface area contributed by atoms with Gasteiger partial charge in [-0.1, -0.05) is 13.8 Å². The Bertz CT molecular complexity index is 1010. The topological polar surface area (TPSA) is 46.9 Å². The summed E-state index contributed by atoms with van der Waals surface area (Å²) in [6, 6.07) is 6.60. The van der Waals surface area contributed by atoms with E-state index in [0.717, 1.165) is 45.1 Å². The Labute approximate surface area is 166 Å². The Balaban J connectivity index is 1.60. The summed E-state index contributed by atoms with van der Waals surface area (Å²) in [5, 5.41) is 8.75. The number of hydrogen-bond donors (Lipinski definition) is 1. The summed E-state index contributed by atoms with van der Waals surface area (Å²) in [6.45, 7) is 7.12. The van der Waals surface area contributed by atoms with Crippen LogP contribution in [-0.2, 0) is 6.54 Å².